The molecule has 2 amide bonds. The zero-order valence-electron chi connectivity index (χ0n) is 16.3. The van der Waals surface area contributed by atoms with Gasteiger partial charge in [-0.15, -0.1) is 0 Å². The second kappa shape index (κ2) is 7.86. The van der Waals surface area contributed by atoms with Crippen molar-refractivity contribution in [3.8, 4) is 22.6 Å². The van der Waals surface area contributed by atoms with Crippen molar-refractivity contribution < 1.29 is 23.5 Å². The number of hydrogen-bond acceptors (Lipinski definition) is 5. The number of carbonyl (C=O) groups is 2. The lowest BCUT2D eigenvalue weighted by atomic mass is 10.1. The van der Waals surface area contributed by atoms with Gasteiger partial charge in [-0.05, 0) is 17.7 Å². The predicted octanol–water partition coefficient (Wildman–Crippen LogP) is 3.23. The highest BCUT2D eigenvalue weighted by Crippen LogP contribution is 2.35. The quantitative estimate of drug-likeness (QED) is 0.674. The first-order chi connectivity index (χ1) is 14.5. The third-order valence-corrected chi connectivity index (χ3v) is 4.80. The number of halogens is 1. The molecule has 1 aliphatic rings. The molecule has 1 unspecified atom stereocenters. The minimum Gasteiger partial charge on any atom is -0.497 e. The highest BCUT2D eigenvalue weighted by molar-refractivity contribution is 6.03. The smallest absolute Gasteiger partial charge is 0.249 e. The lowest BCUT2D eigenvalue weighted by molar-refractivity contribution is -0.125. The number of benzene rings is 2. The molecular weight excluding hydrogens is 391 g/mol. The van der Waals surface area contributed by atoms with Crippen molar-refractivity contribution >= 4 is 23.3 Å². The molecule has 1 aliphatic heterocycles. The van der Waals surface area contributed by atoms with E-state index in [1.807, 2.05) is 0 Å². The van der Waals surface area contributed by atoms with Crippen molar-refractivity contribution in [1.82, 2.24) is 9.78 Å². The van der Waals surface area contributed by atoms with Crippen LogP contribution >= 0.6 is 0 Å². The third-order valence-electron chi connectivity index (χ3n) is 4.80. The Morgan fingerprint density at radius 2 is 1.83 bits per heavy atom. The largest absolute Gasteiger partial charge is 0.497 e. The maximum absolute atomic E-state index is 13.3. The standard InChI is InChI=1S/C21H19FN4O4/c1-29-15-7-14(8-16(9-15)30-2)24-21(28)18-10-19(27)25-20-17(11-23-26(18)20)12-3-5-13(22)6-4-12/h3-9,11,18H,10H2,1-2H3,(H,24,28)(H,25,27). The number of fused-ring (bicyclic) bond motifs is 1. The van der Waals surface area contributed by atoms with Crippen LogP contribution in [0.25, 0.3) is 11.1 Å². The van der Waals surface area contributed by atoms with Gasteiger partial charge in [-0.3, -0.25) is 9.59 Å². The van der Waals surface area contributed by atoms with E-state index in [0.29, 0.717) is 34.1 Å². The third kappa shape index (κ3) is 3.69. The number of aromatic nitrogens is 2. The van der Waals surface area contributed by atoms with Gasteiger partial charge in [0.2, 0.25) is 11.8 Å². The van der Waals surface area contributed by atoms with Crippen molar-refractivity contribution in [3.05, 3.63) is 54.5 Å². The maximum atomic E-state index is 13.3. The Balaban J connectivity index is 1.64. The van der Waals surface area contributed by atoms with E-state index in [4.69, 9.17) is 9.47 Å². The topological polar surface area (TPSA) is 94.5 Å². The molecule has 2 heterocycles. The lowest BCUT2D eigenvalue weighted by Crippen LogP contribution is -2.35. The van der Waals surface area contributed by atoms with Crippen molar-refractivity contribution in [2.45, 2.75) is 12.5 Å². The normalized spacial score (nSPS) is 15.2. The van der Waals surface area contributed by atoms with E-state index in [1.165, 1.54) is 31.0 Å². The Bertz CT molecular complexity index is 1090. The van der Waals surface area contributed by atoms with E-state index in [1.54, 1.807) is 36.5 Å². The van der Waals surface area contributed by atoms with Crippen molar-refractivity contribution in [2.75, 3.05) is 24.9 Å². The van der Waals surface area contributed by atoms with Crippen LogP contribution in [-0.2, 0) is 9.59 Å². The highest BCUT2D eigenvalue weighted by atomic mass is 19.1. The molecule has 9 heteroatoms. The first kappa shape index (κ1) is 19.4. The summed E-state index contributed by atoms with van der Waals surface area (Å²) in [5.41, 5.74) is 1.75. The summed E-state index contributed by atoms with van der Waals surface area (Å²) in [7, 11) is 3.03. The lowest BCUT2D eigenvalue weighted by Gasteiger charge is -2.24. The number of hydrogen-bond donors (Lipinski definition) is 2. The van der Waals surface area contributed by atoms with Gasteiger partial charge in [0.05, 0.1) is 26.8 Å². The van der Waals surface area contributed by atoms with Gasteiger partial charge in [0, 0.05) is 29.4 Å². The molecule has 4 rings (SSSR count). The van der Waals surface area contributed by atoms with Crippen LogP contribution in [-0.4, -0.2) is 35.8 Å². The monoisotopic (exact) mass is 410 g/mol. The summed E-state index contributed by atoms with van der Waals surface area (Å²) in [5, 5.41) is 9.84. The molecule has 0 bridgehead atoms. The first-order valence-corrected chi connectivity index (χ1v) is 9.15. The van der Waals surface area contributed by atoms with Gasteiger partial charge in [-0.2, -0.15) is 5.10 Å². The van der Waals surface area contributed by atoms with Crippen LogP contribution < -0.4 is 20.1 Å². The average Bonchev–Trinajstić information content (AvgIpc) is 3.16. The SMILES string of the molecule is COc1cc(NC(=O)C2CC(=O)Nc3c(-c4ccc(F)cc4)cnn32)cc(OC)c1. The molecule has 154 valence electrons. The number of nitrogens with one attached hydrogen (secondary N) is 2. The summed E-state index contributed by atoms with van der Waals surface area (Å²) in [6.45, 7) is 0. The van der Waals surface area contributed by atoms with Crippen molar-refractivity contribution in [2.24, 2.45) is 0 Å². The van der Waals surface area contributed by atoms with E-state index in [2.05, 4.69) is 15.7 Å². The molecule has 2 aromatic carbocycles. The van der Waals surface area contributed by atoms with Crippen LogP contribution in [0.3, 0.4) is 0 Å². The van der Waals surface area contributed by atoms with Crippen LogP contribution in [0.1, 0.15) is 12.5 Å². The van der Waals surface area contributed by atoms with Gasteiger partial charge in [-0.1, -0.05) is 12.1 Å². The number of methoxy groups -OCH3 is 2. The van der Waals surface area contributed by atoms with Gasteiger partial charge in [0.15, 0.2) is 0 Å². The molecule has 30 heavy (non-hydrogen) atoms. The van der Waals surface area contributed by atoms with Gasteiger partial charge in [-0.25, -0.2) is 9.07 Å². The van der Waals surface area contributed by atoms with Gasteiger partial charge < -0.3 is 20.1 Å². The van der Waals surface area contributed by atoms with E-state index in [9.17, 15) is 14.0 Å². The van der Waals surface area contributed by atoms with Crippen molar-refractivity contribution in [1.29, 1.82) is 0 Å². The number of carbonyl (C=O) groups excluding carboxylic acids is 2. The Kier molecular flexibility index (Phi) is 5.09. The molecule has 2 N–H and O–H groups in total. The summed E-state index contributed by atoms with van der Waals surface area (Å²) in [6, 6.07) is 9.96. The van der Waals surface area contributed by atoms with Crippen LogP contribution in [0.4, 0.5) is 15.9 Å². The fraction of sp³-hybridized carbons (Fsp3) is 0.190. The molecule has 8 nitrogen and oxygen atoms in total. The van der Waals surface area contributed by atoms with E-state index in [-0.39, 0.29) is 18.1 Å². The van der Waals surface area contributed by atoms with Crippen LogP contribution in [0.5, 0.6) is 11.5 Å². The van der Waals surface area contributed by atoms with Crippen LogP contribution in [0.15, 0.2) is 48.7 Å². The van der Waals surface area contributed by atoms with E-state index < -0.39 is 11.9 Å². The zero-order valence-corrected chi connectivity index (χ0v) is 16.3. The van der Waals surface area contributed by atoms with Crippen LogP contribution in [0.2, 0.25) is 0 Å². The fourth-order valence-corrected chi connectivity index (χ4v) is 3.32. The molecule has 0 aliphatic carbocycles. The Morgan fingerprint density at radius 3 is 2.47 bits per heavy atom. The molecule has 0 fully saturated rings. The summed E-state index contributed by atoms with van der Waals surface area (Å²) >= 11 is 0. The first-order valence-electron chi connectivity index (χ1n) is 9.15. The molecule has 0 saturated heterocycles. The van der Waals surface area contributed by atoms with Gasteiger partial charge >= 0.3 is 0 Å². The minimum atomic E-state index is -0.847. The Morgan fingerprint density at radius 1 is 1.17 bits per heavy atom. The number of nitrogens with zero attached hydrogens (tertiary/aromatic N) is 2. The van der Waals surface area contributed by atoms with E-state index in [0.717, 1.165) is 0 Å². The molecule has 1 atom stereocenters. The predicted molar refractivity (Wildman–Crippen MR) is 108 cm³/mol. The zero-order chi connectivity index (χ0) is 21.3. The Hall–Kier alpha value is -3.88. The summed E-state index contributed by atoms with van der Waals surface area (Å²) < 4.78 is 25.2. The molecule has 3 aromatic rings. The molecule has 0 radical (unpaired) electrons. The summed E-state index contributed by atoms with van der Waals surface area (Å²) in [5.74, 6) is 0.342. The minimum absolute atomic E-state index is 0.0650. The number of ether oxygens (including phenoxy) is 2. The number of rotatable bonds is 5. The number of amides is 2. The van der Waals surface area contributed by atoms with Crippen molar-refractivity contribution in [3.63, 3.8) is 0 Å². The van der Waals surface area contributed by atoms with E-state index >= 15 is 0 Å². The summed E-state index contributed by atoms with van der Waals surface area (Å²) in [4.78, 5) is 25.3. The maximum Gasteiger partial charge on any atom is 0.249 e. The second-order valence-corrected chi connectivity index (χ2v) is 6.72. The average molecular weight is 410 g/mol. The molecule has 1 aromatic heterocycles. The van der Waals surface area contributed by atoms with Gasteiger partial charge in [0.25, 0.3) is 0 Å². The molecular formula is C21H19FN4O4. The second-order valence-electron chi connectivity index (χ2n) is 6.72. The number of anilines is 2. The highest BCUT2D eigenvalue weighted by Gasteiger charge is 2.33. The molecule has 0 saturated carbocycles. The Labute approximate surface area is 171 Å². The summed E-state index contributed by atoms with van der Waals surface area (Å²) in [6.07, 6.45) is 1.48. The molecule has 0 spiro atoms. The van der Waals surface area contributed by atoms with Crippen LogP contribution in [0, 0.1) is 5.82 Å². The fourth-order valence-electron chi connectivity index (χ4n) is 3.32. The van der Waals surface area contributed by atoms with Gasteiger partial charge in [0.1, 0.15) is 29.2 Å².